The lowest BCUT2D eigenvalue weighted by Crippen LogP contribution is -2.36. The fraction of sp³-hybridized carbons (Fsp3) is 0.250. The Hall–Kier alpha value is -2.89. The van der Waals surface area contributed by atoms with Crippen LogP contribution in [0.2, 0.25) is 0 Å². The van der Waals surface area contributed by atoms with Crippen molar-refractivity contribution in [2.24, 2.45) is 7.05 Å². The van der Waals surface area contributed by atoms with Gasteiger partial charge in [0.2, 0.25) is 0 Å². The van der Waals surface area contributed by atoms with Gasteiger partial charge in [-0.15, -0.1) is 0 Å². The summed E-state index contributed by atoms with van der Waals surface area (Å²) in [6.45, 7) is 1.39. The average Bonchev–Trinajstić information content (AvgIpc) is 3.52. The summed E-state index contributed by atoms with van der Waals surface area (Å²) >= 11 is 3.57. The number of aromatic nitrogens is 1. The van der Waals surface area contributed by atoms with Gasteiger partial charge in [0.25, 0.3) is 5.91 Å². The monoisotopic (exact) mass is 500 g/mol. The van der Waals surface area contributed by atoms with E-state index in [-0.39, 0.29) is 18.1 Å². The fourth-order valence-corrected chi connectivity index (χ4v) is 5.80. The van der Waals surface area contributed by atoms with Gasteiger partial charge in [-0.2, -0.15) is 0 Å². The molecular formula is C28H25BrN2O2. The molecule has 2 unspecified atom stereocenters. The molecule has 1 saturated heterocycles. The Labute approximate surface area is 201 Å². The van der Waals surface area contributed by atoms with E-state index in [4.69, 9.17) is 4.74 Å². The van der Waals surface area contributed by atoms with Crippen LogP contribution in [-0.4, -0.2) is 34.6 Å². The second kappa shape index (κ2) is 8.15. The second-order valence-electron chi connectivity index (χ2n) is 8.93. The number of amides is 1. The Bertz CT molecular complexity index is 1350. The molecule has 2 aliphatic heterocycles. The first-order valence-electron chi connectivity index (χ1n) is 11.5. The van der Waals surface area contributed by atoms with Crippen LogP contribution in [0.3, 0.4) is 0 Å². The number of halogens is 1. The highest BCUT2D eigenvalue weighted by molar-refractivity contribution is 9.10. The molecule has 4 aromatic rings. The molecule has 2 atom stereocenters. The molecule has 5 heteroatoms. The molecule has 0 N–H and O–H groups in total. The molecule has 0 spiro atoms. The number of hydrogen-bond donors (Lipinski definition) is 0. The number of carbonyl (C=O) groups excluding carboxylic acids is 1. The maximum absolute atomic E-state index is 13.7. The Kier molecular flexibility index (Phi) is 5.11. The lowest BCUT2D eigenvalue weighted by molar-refractivity contribution is 0.0501. The summed E-state index contributed by atoms with van der Waals surface area (Å²) < 4.78 is 9.28. The van der Waals surface area contributed by atoms with Gasteiger partial charge in [0.05, 0.1) is 17.8 Å². The largest absolute Gasteiger partial charge is 0.376 e. The molecule has 4 nitrogen and oxygen atoms in total. The highest BCUT2D eigenvalue weighted by atomic mass is 79.9. The maximum atomic E-state index is 13.7. The van der Waals surface area contributed by atoms with E-state index in [2.05, 4.69) is 82.1 Å². The third-order valence-electron chi connectivity index (χ3n) is 7.02. The summed E-state index contributed by atoms with van der Waals surface area (Å²) in [4.78, 5) is 15.7. The van der Waals surface area contributed by atoms with E-state index in [0.717, 1.165) is 46.3 Å². The Morgan fingerprint density at radius 2 is 1.76 bits per heavy atom. The number of ether oxygens (including phenoxy) is 1. The minimum Gasteiger partial charge on any atom is -0.376 e. The Morgan fingerprint density at radius 1 is 1.00 bits per heavy atom. The minimum absolute atomic E-state index is 0.0943. The van der Waals surface area contributed by atoms with Crippen molar-refractivity contribution in [1.82, 2.24) is 9.47 Å². The summed E-state index contributed by atoms with van der Waals surface area (Å²) in [5.41, 5.74) is 6.52. The summed E-state index contributed by atoms with van der Waals surface area (Å²) in [6.07, 6.45) is 2.15. The van der Waals surface area contributed by atoms with Crippen LogP contribution in [0.15, 0.2) is 77.3 Å². The average molecular weight is 501 g/mol. The number of carbonyl (C=O) groups is 1. The topological polar surface area (TPSA) is 34.5 Å². The summed E-state index contributed by atoms with van der Waals surface area (Å²) in [5, 5.41) is 1.18. The number of nitrogens with zero attached hydrogens (tertiary/aromatic N) is 2. The lowest BCUT2D eigenvalue weighted by Gasteiger charge is -2.29. The molecule has 0 bridgehead atoms. The molecule has 1 fully saturated rings. The van der Waals surface area contributed by atoms with Crippen LogP contribution in [0.4, 0.5) is 0 Å². The lowest BCUT2D eigenvalue weighted by atomic mass is 9.93. The van der Waals surface area contributed by atoms with Crippen molar-refractivity contribution < 1.29 is 9.53 Å². The molecule has 6 rings (SSSR count). The second-order valence-corrected chi connectivity index (χ2v) is 9.84. The van der Waals surface area contributed by atoms with Crippen molar-refractivity contribution in [3.05, 3.63) is 94.0 Å². The number of benzene rings is 3. The van der Waals surface area contributed by atoms with Crippen molar-refractivity contribution in [2.75, 3.05) is 13.2 Å². The molecule has 33 heavy (non-hydrogen) atoms. The first kappa shape index (κ1) is 20.7. The van der Waals surface area contributed by atoms with Crippen LogP contribution < -0.4 is 0 Å². The van der Waals surface area contributed by atoms with Crippen molar-refractivity contribution in [1.29, 1.82) is 0 Å². The summed E-state index contributed by atoms with van der Waals surface area (Å²) in [6, 6.07) is 24.9. The molecule has 3 aromatic carbocycles. The van der Waals surface area contributed by atoms with E-state index < -0.39 is 0 Å². The fourth-order valence-electron chi connectivity index (χ4n) is 5.53. The van der Waals surface area contributed by atoms with Gasteiger partial charge in [0.15, 0.2) is 0 Å². The maximum Gasteiger partial charge on any atom is 0.255 e. The van der Waals surface area contributed by atoms with Crippen LogP contribution in [-0.2, 0) is 11.8 Å². The first-order chi connectivity index (χ1) is 16.1. The SMILES string of the molecule is Cn1c(-c2ccc(Br)cc2)c(C2c3ccccc3C(=O)N2CC2CCCO2)c2ccccc21. The number of rotatable bonds is 4. The molecule has 1 aromatic heterocycles. The quantitative estimate of drug-likeness (QED) is 0.328. The predicted molar refractivity (Wildman–Crippen MR) is 134 cm³/mol. The molecule has 2 aliphatic rings. The number of fused-ring (bicyclic) bond motifs is 2. The number of hydrogen-bond acceptors (Lipinski definition) is 2. The van der Waals surface area contributed by atoms with E-state index in [0.29, 0.717) is 6.54 Å². The van der Waals surface area contributed by atoms with Gasteiger partial charge >= 0.3 is 0 Å². The van der Waals surface area contributed by atoms with E-state index in [1.165, 1.54) is 16.5 Å². The summed E-state index contributed by atoms with van der Waals surface area (Å²) in [5.74, 6) is 0.0980. The molecule has 0 saturated carbocycles. The molecule has 1 amide bonds. The van der Waals surface area contributed by atoms with Gasteiger partial charge in [-0.3, -0.25) is 4.79 Å². The first-order valence-corrected chi connectivity index (χ1v) is 12.3. The van der Waals surface area contributed by atoms with Gasteiger partial charge < -0.3 is 14.2 Å². The standard InChI is InChI=1S/C28H25BrN2O2/c1-30-24-11-5-4-10-23(24)25(26(30)18-12-14-19(29)15-13-18)27-21-8-2-3-9-22(21)28(32)31(27)17-20-7-6-16-33-20/h2-5,8-15,20,27H,6-7,16-17H2,1H3. The van der Waals surface area contributed by atoms with Crippen molar-refractivity contribution >= 4 is 32.7 Å². The molecule has 0 radical (unpaired) electrons. The zero-order valence-electron chi connectivity index (χ0n) is 18.5. The molecule has 0 aliphatic carbocycles. The minimum atomic E-state index is -0.150. The van der Waals surface area contributed by atoms with Crippen LogP contribution in [0.5, 0.6) is 0 Å². The van der Waals surface area contributed by atoms with Gasteiger partial charge in [-0.05, 0) is 48.2 Å². The third-order valence-corrected chi connectivity index (χ3v) is 7.55. The normalized spacial score (nSPS) is 20.1. The van der Waals surface area contributed by atoms with Crippen LogP contribution in [0.1, 0.15) is 40.4 Å². The molecular weight excluding hydrogens is 476 g/mol. The third kappa shape index (κ3) is 3.33. The highest BCUT2D eigenvalue weighted by Gasteiger charge is 2.41. The predicted octanol–water partition coefficient (Wildman–Crippen LogP) is 6.33. The molecule has 166 valence electrons. The van der Waals surface area contributed by atoms with E-state index in [1.54, 1.807) is 0 Å². The van der Waals surface area contributed by atoms with Gasteiger partial charge in [-0.25, -0.2) is 0 Å². The van der Waals surface area contributed by atoms with E-state index in [1.807, 2.05) is 23.1 Å². The zero-order chi connectivity index (χ0) is 22.5. The van der Waals surface area contributed by atoms with Gasteiger partial charge in [-0.1, -0.05) is 64.5 Å². The Balaban J connectivity index is 1.61. The zero-order valence-corrected chi connectivity index (χ0v) is 20.1. The summed E-state index contributed by atoms with van der Waals surface area (Å²) in [7, 11) is 2.12. The van der Waals surface area contributed by atoms with Gasteiger partial charge in [0.1, 0.15) is 0 Å². The molecule has 3 heterocycles. The van der Waals surface area contributed by atoms with Crippen LogP contribution in [0.25, 0.3) is 22.2 Å². The van der Waals surface area contributed by atoms with E-state index in [9.17, 15) is 4.79 Å². The van der Waals surface area contributed by atoms with Gasteiger partial charge in [0, 0.05) is 46.7 Å². The number of aryl methyl sites for hydroxylation is 1. The smallest absolute Gasteiger partial charge is 0.255 e. The van der Waals surface area contributed by atoms with Crippen molar-refractivity contribution in [2.45, 2.75) is 25.0 Å². The van der Waals surface area contributed by atoms with Crippen LogP contribution >= 0.6 is 15.9 Å². The number of para-hydroxylation sites is 1. The van der Waals surface area contributed by atoms with E-state index >= 15 is 0 Å². The van der Waals surface area contributed by atoms with Crippen LogP contribution in [0, 0.1) is 0 Å². The van der Waals surface area contributed by atoms with Crippen molar-refractivity contribution in [3.63, 3.8) is 0 Å². The van der Waals surface area contributed by atoms with Crippen molar-refractivity contribution in [3.8, 4) is 11.3 Å². The Morgan fingerprint density at radius 3 is 2.55 bits per heavy atom. The highest BCUT2D eigenvalue weighted by Crippen LogP contribution is 2.46.